The third-order valence-electron chi connectivity index (χ3n) is 6.66. The summed E-state index contributed by atoms with van der Waals surface area (Å²) in [5, 5.41) is 15.8. The van der Waals surface area contributed by atoms with Crippen molar-refractivity contribution in [3.8, 4) is 6.07 Å². The molecular formula is C24H34N4O2. The highest BCUT2D eigenvalue weighted by Gasteiger charge is 2.37. The zero-order chi connectivity index (χ0) is 21.7. The lowest BCUT2D eigenvalue weighted by molar-refractivity contribution is -0.123. The van der Waals surface area contributed by atoms with E-state index >= 15 is 0 Å². The summed E-state index contributed by atoms with van der Waals surface area (Å²) in [5.74, 6) is -0.283. The maximum atomic E-state index is 12.9. The number of amides is 2. The Bertz CT molecular complexity index is 810. The van der Waals surface area contributed by atoms with Gasteiger partial charge in [0, 0.05) is 17.8 Å². The number of hydrogen-bond donors (Lipinski definition) is 2. The molecule has 162 valence electrons. The van der Waals surface area contributed by atoms with Crippen LogP contribution in [0.25, 0.3) is 0 Å². The minimum Gasteiger partial charge on any atom is -0.359 e. The highest BCUT2D eigenvalue weighted by molar-refractivity contribution is 5.88. The average molecular weight is 411 g/mol. The van der Waals surface area contributed by atoms with Crippen LogP contribution in [0.4, 0.5) is 5.69 Å². The summed E-state index contributed by atoms with van der Waals surface area (Å²) >= 11 is 0. The third kappa shape index (κ3) is 4.77. The van der Waals surface area contributed by atoms with Crippen LogP contribution in [0.5, 0.6) is 0 Å². The van der Waals surface area contributed by atoms with Gasteiger partial charge in [0.15, 0.2) is 0 Å². The highest BCUT2D eigenvalue weighted by Crippen LogP contribution is 2.38. The van der Waals surface area contributed by atoms with Gasteiger partial charge in [0.2, 0.25) is 11.8 Å². The van der Waals surface area contributed by atoms with E-state index in [0.29, 0.717) is 6.42 Å². The monoisotopic (exact) mass is 410 g/mol. The molecule has 30 heavy (non-hydrogen) atoms. The Morgan fingerprint density at radius 3 is 2.63 bits per heavy atom. The van der Waals surface area contributed by atoms with Crippen molar-refractivity contribution < 1.29 is 9.59 Å². The van der Waals surface area contributed by atoms with Gasteiger partial charge in [0.1, 0.15) is 5.54 Å². The zero-order valence-electron chi connectivity index (χ0n) is 18.4. The summed E-state index contributed by atoms with van der Waals surface area (Å²) in [6, 6.07) is 10.4. The van der Waals surface area contributed by atoms with Gasteiger partial charge in [0.25, 0.3) is 0 Å². The number of benzene rings is 1. The third-order valence-corrected chi connectivity index (χ3v) is 6.66. The van der Waals surface area contributed by atoms with Crippen molar-refractivity contribution in [2.75, 3.05) is 11.4 Å². The second-order valence-corrected chi connectivity index (χ2v) is 8.94. The predicted molar refractivity (Wildman–Crippen MR) is 118 cm³/mol. The molecule has 6 heteroatoms. The molecule has 0 saturated heterocycles. The van der Waals surface area contributed by atoms with E-state index in [-0.39, 0.29) is 36.4 Å². The van der Waals surface area contributed by atoms with Gasteiger partial charge >= 0.3 is 0 Å². The molecule has 1 saturated carbocycles. The van der Waals surface area contributed by atoms with Gasteiger partial charge in [-0.3, -0.25) is 9.59 Å². The first-order chi connectivity index (χ1) is 14.4. The number of carbonyl (C=O) groups is 2. The Kier molecular flexibility index (Phi) is 7.02. The second kappa shape index (κ2) is 9.51. The van der Waals surface area contributed by atoms with Crippen LogP contribution in [-0.4, -0.2) is 36.0 Å². The molecule has 2 N–H and O–H groups in total. The number of para-hydroxylation sites is 1. The maximum absolute atomic E-state index is 12.9. The molecule has 2 aliphatic rings. The number of nitrogens with one attached hydrogen (secondary N) is 2. The lowest BCUT2D eigenvalue weighted by Crippen LogP contribution is -2.54. The van der Waals surface area contributed by atoms with Gasteiger partial charge in [-0.1, -0.05) is 44.4 Å². The molecule has 6 nitrogen and oxygen atoms in total. The largest absolute Gasteiger partial charge is 0.359 e. The van der Waals surface area contributed by atoms with E-state index in [4.69, 9.17) is 0 Å². The van der Waals surface area contributed by atoms with E-state index in [0.717, 1.165) is 49.8 Å². The Morgan fingerprint density at radius 1 is 1.27 bits per heavy atom. The van der Waals surface area contributed by atoms with Gasteiger partial charge in [0.05, 0.1) is 18.5 Å². The fourth-order valence-corrected chi connectivity index (χ4v) is 4.69. The van der Waals surface area contributed by atoms with Crippen molar-refractivity contribution in [1.82, 2.24) is 10.6 Å². The molecule has 3 rings (SSSR count). The molecule has 1 fully saturated rings. The van der Waals surface area contributed by atoms with Gasteiger partial charge in [-0.15, -0.1) is 0 Å². The van der Waals surface area contributed by atoms with Crippen LogP contribution in [0.3, 0.4) is 0 Å². The first-order valence-corrected chi connectivity index (χ1v) is 11.3. The number of anilines is 1. The summed E-state index contributed by atoms with van der Waals surface area (Å²) in [6.07, 6.45) is 6.07. The molecule has 0 radical (unpaired) electrons. The molecule has 2 amide bonds. The lowest BCUT2D eigenvalue weighted by atomic mass is 9.82. The SMILES string of the molecule is CCC(C)NC(=O)C1CC(C)N(CC(=O)NC2(C#N)CCCCC2)c2ccccc21. The molecule has 0 bridgehead atoms. The minimum absolute atomic E-state index is 0.0442. The summed E-state index contributed by atoms with van der Waals surface area (Å²) in [7, 11) is 0. The van der Waals surface area contributed by atoms with Crippen LogP contribution in [0.15, 0.2) is 24.3 Å². The Balaban J connectivity index is 1.77. The molecule has 1 aliphatic carbocycles. The zero-order valence-corrected chi connectivity index (χ0v) is 18.4. The van der Waals surface area contributed by atoms with E-state index in [2.05, 4.69) is 35.5 Å². The van der Waals surface area contributed by atoms with Crippen LogP contribution in [0.2, 0.25) is 0 Å². The number of nitrogens with zero attached hydrogens (tertiary/aromatic N) is 2. The lowest BCUT2D eigenvalue weighted by Gasteiger charge is -2.41. The summed E-state index contributed by atoms with van der Waals surface area (Å²) in [4.78, 5) is 27.9. The second-order valence-electron chi connectivity index (χ2n) is 8.94. The molecule has 1 aliphatic heterocycles. The van der Waals surface area contributed by atoms with Crippen LogP contribution in [-0.2, 0) is 9.59 Å². The number of nitriles is 1. The normalized spacial score (nSPS) is 23.6. The van der Waals surface area contributed by atoms with Crippen LogP contribution >= 0.6 is 0 Å². The molecule has 1 heterocycles. The molecule has 0 spiro atoms. The minimum atomic E-state index is -0.730. The van der Waals surface area contributed by atoms with Gasteiger partial charge in [-0.25, -0.2) is 0 Å². The van der Waals surface area contributed by atoms with Crippen molar-refractivity contribution in [1.29, 1.82) is 5.26 Å². The first-order valence-electron chi connectivity index (χ1n) is 11.3. The molecule has 1 aromatic rings. The van der Waals surface area contributed by atoms with E-state index in [1.54, 1.807) is 0 Å². The molecular weight excluding hydrogens is 376 g/mol. The molecule has 0 aromatic heterocycles. The van der Waals surface area contributed by atoms with Crippen molar-refractivity contribution >= 4 is 17.5 Å². The average Bonchev–Trinajstić information content (AvgIpc) is 2.75. The summed E-state index contributed by atoms with van der Waals surface area (Å²) in [5.41, 5.74) is 1.18. The van der Waals surface area contributed by atoms with Crippen molar-refractivity contribution in [2.24, 2.45) is 0 Å². The van der Waals surface area contributed by atoms with E-state index in [1.165, 1.54) is 0 Å². The molecule has 1 aromatic carbocycles. The fourth-order valence-electron chi connectivity index (χ4n) is 4.69. The number of hydrogen-bond acceptors (Lipinski definition) is 4. The van der Waals surface area contributed by atoms with Crippen LogP contribution < -0.4 is 15.5 Å². The van der Waals surface area contributed by atoms with Crippen molar-refractivity contribution in [3.63, 3.8) is 0 Å². The fraction of sp³-hybridized carbons (Fsp3) is 0.625. The number of rotatable bonds is 6. The van der Waals surface area contributed by atoms with Gasteiger partial charge in [-0.2, -0.15) is 5.26 Å². The summed E-state index contributed by atoms with van der Waals surface area (Å²) in [6.45, 7) is 6.33. The number of fused-ring (bicyclic) bond motifs is 1. The Hall–Kier alpha value is -2.55. The number of carbonyl (C=O) groups excluding carboxylic acids is 2. The summed E-state index contributed by atoms with van der Waals surface area (Å²) < 4.78 is 0. The maximum Gasteiger partial charge on any atom is 0.240 e. The Morgan fingerprint density at radius 2 is 1.97 bits per heavy atom. The quantitative estimate of drug-likeness (QED) is 0.750. The molecule has 3 unspecified atom stereocenters. The molecule has 3 atom stereocenters. The Labute approximate surface area is 180 Å². The van der Waals surface area contributed by atoms with E-state index in [9.17, 15) is 14.9 Å². The van der Waals surface area contributed by atoms with Gasteiger partial charge < -0.3 is 15.5 Å². The topological polar surface area (TPSA) is 85.2 Å². The standard InChI is InChI=1S/C24H34N4O2/c1-4-17(2)26-23(30)20-14-18(3)28(21-11-7-6-10-19(20)21)15-22(29)27-24(16-25)12-8-5-9-13-24/h6-7,10-11,17-18,20H,4-5,8-9,12-15H2,1-3H3,(H,26,30)(H,27,29). The van der Waals surface area contributed by atoms with Crippen molar-refractivity contribution in [3.05, 3.63) is 29.8 Å². The first kappa shape index (κ1) is 22.1. The van der Waals surface area contributed by atoms with Crippen molar-refractivity contribution in [2.45, 2.75) is 89.3 Å². The van der Waals surface area contributed by atoms with Crippen LogP contribution in [0, 0.1) is 11.3 Å². The van der Waals surface area contributed by atoms with Gasteiger partial charge in [-0.05, 0) is 51.2 Å². The van der Waals surface area contributed by atoms with E-state index in [1.807, 2.05) is 31.2 Å². The predicted octanol–water partition coefficient (Wildman–Crippen LogP) is 3.63. The smallest absolute Gasteiger partial charge is 0.240 e. The highest BCUT2D eigenvalue weighted by atomic mass is 16.2. The van der Waals surface area contributed by atoms with E-state index < -0.39 is 5.54 Å². The van der Waals surface area contributed by atoms with Crippen LogP contribution in [0.1, 0.15) is 77.2 Å².